The molecule has 5 nitrogen and oxygen atoms in total. The molecule has 0 amide bonds. The first-order valence-electron chi connectivity index (χ1n) is 9.37. The predicted octanol–water partition coefficient (Wildman–Crippen LogP) is 2.85. The number of hydrogen-bond acceptors (Lipinski definition) is 3. The van der Waals surface area contributed by atoms with Crippen LogP contribution in [-0.2, 0) is 6.54 Å². The molecule has 1 heterocycles. The average Bonchev–Trinajstić information content (AvgIpc) is 2.62. The van der Waals surface area contributed by atoms with E-state index in [2.05, 4.69) is 27.4 Å². The summed E-state index contributed by atoms with van der Waals surface area (Å²) in [6.45, 7) is 8.87. The van der Waals surface area contributed by atoms with E-state index >= 15 is 0 Å². The van der Waals surface area contributed by atoms with Gasteiger partial charge in [0.1, 0.15) is 0 Å². The highest BCUT2D eigenvalue weighted by Crippen LogP contribution is 2.16. The summed E-state index contributed by atoms with van der Waals surface area (Å²) in [5.41, 5.74) is 0.738. The Bertz CT molecular complexity index is 556. The van der Waals surface area contributed by atoms with Crippen LogP contribution in [0, 0.1) is 5.82 Å². The van der Waals surface area contributed by atoms with Gasteiger partial charge in [-0.1, -0.05) is 19.4 Å². The van der Waals surface area contributed by atoms with Crippen LogP contribution in [0.1, 0.15) is 45.1 Å². The first-order chi connectivity index (χ1) is 12.1. The number of hydrogen-bond donors (Lipinski definition) is 3. The van der Waals surface area contributed by atoms with Gasteiger partial charge in [-0.15, -0.1) is 0 Å². The fraction of sp³-hybridized carbons (Fsp3) is 0.632. The highest BCUT2D eigenvalue weighted by atomic mass is 19.1. The maximum Gasteiger partial charge on any atom is 0.191 e. The molecule has 6 heteroatoms. The molecule has 1 fully saturated rings. The smallest absolute Gasteiger partial charge is 0.191 e. The molecule has 0 radical (unpaired) electrons. The second-order valence-electron chi connectivity index (χ2n) is 6.59. The molecule has 2 rings (SSSR count). The SMILES string of the molecule is CCCCN1CCC(NC(=NCc2ccc(O)c(F)c2)NCC)CC1. The third-order valence-corrected chi connectivity index (χ3v) is 4.53. The van der Waals surface area contributed by atoms with E-state index in [4.69, 9.17) is 0 Å². The summed E-state index contributed by atoms with van der Waals surface area (Å²) >= 11 is 0. The Kier molecular flexibility index (Phi) is 7.98. The van der Waals surface area contributed by atoms with Crippen molar-refractivity contribution < 1.29 is 9.50 Å². The number of phenolic OH excluding ortho intramolecular Hbond substituents is 1. The second-order valence-corrected chi connectivity index (χ2v) is 6.59. The van der Waals surface area contributed by atoms with Gasteiger partial charge in [-0.3, -0.25) is 0 Å². The van der Waals surface area contributed by atoms with E-state index in [1.54, 1.807) is 6.07 Å². The standard InChI is InChI=1S/C19H31FN4O/c1-3-5-10-24-11-8-16(9-12-24)23-19(21-4-2)22-14-15-6-7-18(25)17(20)13-15/h6-7,13,16,25H,3-5,8-12,14H2,1-2H3,(H2,21,22,23). The van der Waals surface area contributed by atoms with Crippen molar-refractivity contribution in [1.82, 2.24) is 15.5 Å². The normalized spacial score (nSPS) is 16.8. The van der Waals surface area contributed by atoms with Gasteiger partial charge < -0.3 is 20.6 Å². The quantitative estimate of drug-likeness (QED) is 0.523. The van der Waals surface area contributed by atoms with Crippen LogP contribution < -0.4 is 10.6 Å². The summed E-state index contributed by atoms with van der Waals surface area (Å²) in [4.78, 5) is 7.08. The largest absolute Gasteiger partial charge is 0.505 e. The van der Waals surface area contributed by atoms with Crippen molar-refractivity contribution in [2.75, 3.05) is 26.2 Å². The molecule has 1 aliphatic rings. The molecule has 1 saturated heterocycles. The highest BCUT2D eigenvalue weighted by molar-refractivity contribution is 5.80. The van der Waals surface area contributed by atoms with Gasteiger partial charge in [0.15, 0.2) is 17.5 Å². The van der Waals surface area contributed by atoms with E-state index in [0.717, 1.165) is 44.0 Å². The molecule has 0 aliphatic carbocycles. The lowest BCUT2D eigenvalue weighted by atomic mass is 10.0. The fourth-order valence-corrected chi connectivity index (χ4v) is 3.02. The summed E-state index contributed by atoms with van der Waals surface area (Å²) in [7, 11) is 0. The van der Waals surface area contributed by atoms with Crippen LogP contribution in [-0.4, -0.2) is 48.2 Å². The zero-order valence-corrected chi connectivity index (χ0v) is 15.4. The number of phenols is 1. The number of piperidine rings is 1. The Morgan fingerprint density at radius 1 is 1.32 bits per heavy atom. The fourth-order valence-electron chi connectivity index (χ4n) is 3.02. The van der Waals surface area contributed by atoms with Gasteiger partial charge in [-0.05, 0) is 50.4 Å². The van der Waals surface area contributed by atoms with Crippen LogP contribution in [0.15, 0.2) is 23.2 Å². The summed E-state index contributed by atoms with van der Waals surface area (Å²) in [5, 5.41) is 16.0. The number of rotatable bonds is 7. The molecular weight excluding hydrogens is 319 g/mol. The van der Waals surface area contributed by atoms with Crippen LogP contribution >= 0.6 is 0 Å². The lowest BCUT2D eigenvalue weighted by Crippen LogP contribution is -2.48. The van der Waals surface area contributed by atoms with Gasteiger partial charge in [0.05, 0.1) is 6.54 Å². The molecule has 0 unspecified atom stereocenters. The van der Waals surface area contributed by atoms with Crippen molar-refractivity contribution in [3.63, 3.8) is 0 Å². The van der Waals surface area contributed by atoms with Gasteiger partial charge in [-0.25, -0.2) is 9.38 Å². The lowest BCUT2D eigenvalue weighted by molar-refractivity contribution is 0.203. The maximum absolute atomic E-state index is 13.4. The first-order valence-corrected chi connectivity index (χ1v) is 9.37. The van der Waals surface area contributed by atoms with Gasteiger partial charge >= 0.3 is 0 Å². The van der Waals surface area contributed by atoms with Gasteiger partial charge in [0, 0.05) is 25.7 Å². The molecule has 140 valence electrons. The topological polar surface area (TPSA) is 59.9 Å². The number of guanidine groups is 1. The minimum absolute atomic E-state index is 0.326. The van der Waals surface area contributed by atoms with E-state index in [-0.39, 0.29) is 5.75 Å². The minimum Gasteiger partial charge on any atom is -0.505 e. The zero-order valence-electron chi connectivity index (χ0n) is 15.4. The number of unbranched alkanes of at least 4 members (excludes halogenated alkanes) is 1. The van der Waals surface area contributed by atoms with Crippen LogP contribution in [0.3, 0.4) is 0 Å². The van der Waals surface area contributed by atoms with E-state index < -0.39 is 5.82 Å². The van der Waals surface area contributed by atoms with Crippen LogP contribution in [0.5, 0.6) is 5.75 Å². The number of nitrogens with one attached hydrogen (secondary N) is 2. The molecule has 0 spiro atoms. The third-order valence-electron chi connectivity index (χ3n) is 4.53. The van der Waals surface area contributed by atoms with Crippen molar-refractivity contribution in [3.8, 4) is 5.75 Å². The number of likely N-dealkylation sites (tertiary alicyclic amines) is 1. The monoisotopic (exact) mass is 350 g/mol. The van der Waals surface area contributed by atoms with Crippen LogP contribution in [0.25, 0.3) is 0 Å². The molecule has 1 aliphatic heterocycles. The number of aromatic hydroxyl groups is 1. The number of benzene rings is 1. The molecule has 3 N–H and O–H groups in total. The van der Waals surface area contributed by atoms with Gasteiger partial charge in [-0.2, -0.15) is 0 Å². The Hall–Kier alpha value is -1.82. The molecule has 0 saturated carbocycles. The Balaban J connectivity index is 1.86. The van der Waals surface area contributed by atoms with Crippen molar-refractivity contribution in [2.24, 2.45) is 4.99 Å². The molecule has 0 atom stereocenters. The van der Waals surface area contributed by atoms with E-state index in [0.29, 0.717) is 12.6 Å². The number of halogens is 1. The maximum atomic E-state index is 13.4. The third kappa shape index (κ3) is 6.53. The zero-order chi connectivity index (χ0) is 18.1. The van der Waals surface area contributed by atoms with Crippen molar-refractivity contribution in [3.05, 3.63) is 29.6 Å². The summed E-state index contributed by atoms with van der Waals surface area (Å²) in [5.74, 6) is -0.166. The molecule has 1 aromatic rings. The molecule has 1 aromatic carbocycles. The molecule has 0 aromatic heterocycles. The molecular formula is C19H31FN4O. The Labute approximate surface area is 150 Å². The highest BCUT2D eigenvalue weighted by Gasteiger charge is 2.19. The van der Waals surface area contributed by atoms with Crippen molar-refractivity contribution in [1.29, 1.82) is 0 Å². The van der Waals surface area contributed by atoms with E-state index in [9.17, 15) is 9.50 Å². The summed E-state index contributed by atoms with van der Waals surface area (Å²) in [6.07, 6.45) is 4.74. The molecule has 25 heavy (non-hydrogen) atoms. The van der Waals surface area contributed by atoms with Crippen LogP contribution in [0.4, 0.5) is 4.39 Å². The predicted molar refractivity (Wildman–Crippen MR) is 100 cm³/mol. The number of aliphatic imine (C=N–C) groups is 1. The van der Waals surface area contributed by atoms with Crippen LogP contribution in [0.2, 0.25) is 0 Å². The lowest BCUT2D eigenvalue weighted by Gasteiger charge is -2.33. The Morgan fingerprint density at radius 2 is 2.08 bits per heavy atom. The second kappa shape index (κ2) is 10.2. The minimum atomic E-state index is -0.606. The van der Waals surface area contributed by atoms with Gasteiger partial charge in [0.25, 0.3) is 0 Å². The van der Waals surface area contributed by atoms with E-state index in [1.165, 1.54) is 31.5 Å². The Morgan fingerprint density at radius 3 is 2.72 bits per heavy atom. The summed E-state index contributed by atoms with van der Waals surface area (Å²) in [6, 6.07) is 4.81. The first kappa shape index (κ1) is 19.5. The molecule has 0 bridgehead atoms. The van der Waals surface area contributed by atoms with Crippen molar-refractivity contribution in [2.45, 2.75) is 52.1 Å². The van der Waals surface area contributed by atoms with E-state index in [1.807, 2.05) is 6.92 Å². The number of nitrogens with zero attached hydrogens (tertiary/aromatic N) is 2. The summed E-state index contributed by atoms with van der Waals surface area (Å²) < 4.78 is 13.4. The van der Waals surface area contributed by atoms with Gasteiger partial charge in [0.2, 0.25) is 0 Å². The van der Waals surface area contributed by atoms with Crippen molar-refractivity contribution >= 4 is 5.96 Å². The average molecular weight is 350 g/mol.